The van der Waals surface area contributed by atoms with Crippen molar-refractivity contribution < 1.29 is 22.7 Å². The number of ether oxygens (including phenoxy) is 1. The zero-order valence-electron chi connectivity index (χ0n) is 14.0. The van der Waals surface area contributed by atoms with E-state index in [0.29, 0.717) is 5.56 Å². The van der Waals surface area contributed by atoms with Crippen molar-refractivity contribution >= 4 is 5.97 Å². The first-order valence-electron chi connectivity index (χ1n) is 7.88. The van der Waals surface area contributed by atoms with Gasteiger partial charge in [0.1, 0.15) is 12.1 Å². The maximum Gasteiger partial charge on any atom is 0.416 e. The van der Waals surface area contributed by atoms with Crippen molar-refractivity contribution in [1.82, 2.24) is 0 Å². The second-order valence-corrected chi connectivity index (χ2v) is 5.94. The molecule has 2 N–H and O–H groups in total. The lowest BCUT2D eigenvalue weighted by molar-refractivity contribution is -0.150. The molecule has 0 saturated carbocycles. The number of rotatable bonds is 5. The number of esters is 1. The number of hydrogen-bond donors (Lipinski definition) is 1. The van der Waals surface area contributed by atoms with Crippen LogP contribution in [0.5, 0.6) is 0 Å². The van der Waals surface area contributed by atoms with Gasteiger partial charge in [0, 0.05) is 5.92 Å². The summed E-state index contributed by atoms with van der Waals surface area (Å²) in [5, 5.41) is 0. The number of benzene rings is 2. The van der Waals surface area contributed by atoms with Crippen molar-refractivity contribution in [2.75, 3.05) is 0 Å². The minimum atomic E-state index is -4.40. The van der Waals surface area contributed by atoms with Crippen molar-refractivity contribution in [2.45, 2.75) is 38.1 Å². The average molecular weight is 351 g/mol. The number of carbonyl (C=O) groups is 1. The first-order valence-corrected chi connectivity index (χ1v) is 7.88. The van der Waals surface area contributed by atoms with Crippen LogP contribution in [-0.4, -0.2) is 18.1 Å². The lowest BCUT2D eigenvalue weighted by Gasteiger charge is -2.26. The number of carbonyl (C=O) groups excluding carboxylic acids is 1. The molecule has 0 amide bonds. The monoisotopic (exact) mass is 351 g/mol. The van der Waals surface area contributed by atoms with Crippen LogP contribution in [-0.2, 0) is 15.7 Å². The summed E-state index contributed by atoms with van der Waals surface area (Å²) in [6, 6.07) is 13.3. The van der Waals surface area contributed by atoms with Gasteiger partial charge in [-0.2, -0.15) is 13.2 Å². The fraction of sp³-hybridized carbons (Fsp3) is 0.316. The van der Waals surface area contributed by atoms with Crippen molar-refractivity contribution in [3.05, 3.63) is 71.3 Å². The minimum absolute atomic E-state index is 0.397. The highest BCUT2D eigenvalue weighted by Gasteiger charge is 2.31. The fourth-order valence-electron chi connectivity index (χ4n) is 2.63. The molecule has 6 heteroatoms. The second-order valence-electron chi connectivity index (χ2n) is 5.94. The number of hydrogen-bond acceptors (Lipinski definition) is 3. The highest BCUT2D eigenvalue weighted by atomic mass is 19.4. The third-order valence-corrected chi connectivity index (χ3v) is 3.90. The summed E-state index contributed by atoms with van der Waals surface area (Å²) >= 11 is 0. The summed E-state index contributed by atoms with van der Waals surface area (Å²) in [7, 11) is 0. The highest BCUT2D eigenvalue weighted by molar-refractivity contribution is 5.75. The number of nitrogens with two attached hydrogens (primary N) is 1. The van der Waals surface area contributed by atoms with Gasteiger partial charge in [-0.3, -0.25) is 4.79 Å². The van der Waals surface area contributed by atoms with Crippen molar-refractivity contribution in [3.8, 4) is 0 Å². The lowest BCUT2D eigenvalue weighted by atomic mass is 9.86. The molecule has 0 spiro atoms. The van der Waals surface area contributed by atoms with Crippen molar-refractivity contribution in [2.24, 2.45) is 5.73 Å². The Morgan fingerprint density at radius 3 is 1.96 bits per heavy atom. The first kappa shape index (κ1) is 19.0. The molecule has 2 aromatic carbocycles. The summed E-state index contributed by atoms with van der Waals surface area (Å²) in [6.07, 6.45) is -4.98. The van der Waals surface area contributed by atoms with Gasteiger partial charge in [-0.1, -0.05) is 42.5 Å². The Kier molecular flexibility index (Phi) is 5.85. The molecule has 3 nitrogen and oxygen atoms in total. The third kappa shape index (κ3) is 4.82. The highest BCUT2D eigenvalue weighted by Crippen LogP contribution is 2.33. The van der Waals surface area contributed by atoms with Gasteiger partial charge in [0.2, 0.25) is 0 Å². The predicted molar refractivity (Wildman–Crippen MR) is 88.9 cm³/mol. The second kappa shape index (κ2) is 7.70. The van der Waals surface area contributed by atoms with Crippen LogP contribution in [0.25, 0.3) is 0 Å². The van der Waals surface area contributed by atoms with E-state index in [4.69, 9.17) is 10.5 Å². The third-order valence-electron chi connectivity index (χ3n) is 3.90. The molecule has 0 radical (unpaired) electrons. The molecule has 0 saturated heterocycles. The maximum absolute atomic E-state index is 12.8. The van der Waals surface area contributed by atoms with E-state index in [2.05, 4.69) is 0 Å². The minimum Gasteiger partial charge on any atom is -0.461 e. The molecule has 0 unspecified atom stereocenters. The van der Waals surface area contributed by atoms with E-state index in [-0.39, 0.29) is 0 Å². The zero-order valence-corrected chi connectivity index (χ0v) is 14.0. The Morgan fingerprint density at radius 1 is 0.960 bits per heavy atom. The van der Waals surface area contributed by atoms with E-state index in [1.165, 1.54) is 19.1 Å². The van der Waals surface area contributed by atoms with Crippen LogP contribution in [0.15, 0.2) is 54.6 Å². The van der Waals surface area contributed by atoms with Crippen LogP contribution < -0.4 is 5.73 Å². The molecule has 0 fully saturated rings. The Bertz CT molecular complexity index is 697. The number of alkyl halides is 3. The SMILES string of the molecule is C[C@H](N)C(=O)O[C@@H](C)[C@@H](c1ccccc1)c1ccc(C(F)(F)F)cc1. The molecule has 134 valence electrons. The van der Waals surface area contributed by atoms with E-state index in [9.17, 15) is 18.0 Å². The van der Waals surface area contributed by atoms with Gasteiger partial charge in [0.05, 0.1) is 5.56 Å². The standard InChI is InChI=1S/C19H20F3NO2/c1-12(23)18(24)25-13(2)17(14-6-4-3-5-7-14)15-8-10-16(11-9-15)19(20,21)22/h3-13,17H,23H2,1-2H3/t12-,13-,17-/m0/s1. The van der Waals surface area contributed by atoms with Crippen LogP contribution in [0.4, 0.5) is 13.2 Å². The van der Waals surface area contributed by atoms with Crippen molar-refractivity contribution in [1.29, 1.82) is 0 Å². The Balaban J connectivity index is 2.37. The molecular formula is C19H20F3NO2. The zero-order chi connectivity index (χ0) is 18.6. The molecule has 0 aliphatic carbocycles. The number of halogens is 3. The van der Waals surface area contributed by atoms with Crippen LogP contribution >= 0.6 is 0 Å². The van der Waals surface area contributed by atoms with E-state index in [1.54, 1.807) is 6.92 Å². The van der Waals surface area contributed by atoms with E-state index < -0.39 is 35.8 Å². The van der Waals surface area contributed by atoms with Gasteiger partial charge < -0.3 is 10.5 Å². The predicted octanol–water partition coefficient (Wildman–Crippen LogP) is 4.12. The normalized spacial score (nSPS) is 15.3. The lowest BCUT2D eigenvalue weighted by Crippen LogP contribution is -2.33. The van der Waals surface area contributed by atoms with Gasteiger partial charge in [0.15, 0.2) is 0 Å². The quantitative estimate of drug-likeness (QED) is 0.825. The molecule has 0 aliphatic heterocycles. The molecule has 3 atom stereocenters. The summed E-state index contributed by atoms with van der Waals surface area (Å²) < 4.78 is 43.7. The molecular weight excluding hydrogens is 331 g/mol. The first-order chi connectivity index (χ1) is 11.7. The maximum atomic E-state index is 12.8. The average Bonchev–Trinajstić information content (AvgIpc) is 2.55. The van der Waals surface area contributed by atoms with Gasteiger partial charge in [-0.05, 0) is 37.1 Å². The van der Waals surface area contributed by atoms with Crippen LogP contribution in [0.1, 0.15) is 36.5 Å². The molecule has 2 aromatic rings. The topological polar surface area (TPSA) is 52.3 Å². The smallest absolute Gasteiger partial charge is 0.416 e. The van der Waals surface area contributed by atoms with Crippen LogP contribution in [0.2, 0.25) is 0 Å². The van der Waals surface area contributed by atoms with Gasteiger partial charge in [-0.15, -0.1) is 0 Å². The van der Waals surface area contributed by atoms with E-state index in [0.717, 1.165) is 17.7 Å². The van der Waals surface area contributed by atoms with E-state index in [1.807, 2.05) is 30.3 Å². The molecule has 0 aliphatic rings. The van der Waals surface area contributed by atoms with Crippen molar-refractivity contribution in [3.63, 3.8) is 0 Å². The summed E-state index contributed by atoms with van der Waals surface area (Å²) in [4.78, 5) is 11.8. The molecule has 0 aromatic heterocycles. The largest absolute Gasteiger partial charge is 0.461 e. The summed E-state index contributed by atoms with van der Waals surface area (Å²) in [5.74, 6) is -0.952. The Morgan fingerprint density at radius 2 is 1.48 bits per heavy atom. The van der Waals surface area contributed by atoms with Gasteiger partial charge in [0.25, 0.3) is 0 Å². The molecule has 25 heavy (non-hydrogen) atoms. The molecule has 2 rings (SSSR count). The van der Waals surface area contributed by atoms with E-state index >= 15 is 0 Å². The molecule has 0 bridgehead atoms. The summed E-state index contributed by atoms with van der Waals surface area (Å²) in [6.45, 7) is 3.22. The van der Waals surface area contributed by atoms with Gasteiger partial charge >= 0.3 is 12.1 Å². The van der Waals surface area contributed by atoms with Crippen LogP contribution in [0, 0.1) is 0 Å². The van der Waals surface area contributed by atoms with Crippen LogP contribution in [0.3, 0.4) is 0 Å². The summed E-state index contributed by atoms with van der Waals surface area (Å²) in [5.41, 5.74) is 6.28. The fourth-order valence-corrected chi connectivity index (χ4v) is 2.63. The molecule has 0 heterocycles. The Labute approximate surface area is 144 Å². The van der Waals surface area contributed by atoms with Gasteiger partial charge in [-0.25, -0.2) is 0 Å². The Hall–Kier alpha value is -2.34.